The Balaban J connectivity index is 1.13. The third kappa shape index (κ3) is 6.65. The zero-order chi connectivity index (χ0) is 31.6. The molecule has 1 unspecified atom stereocenters. The first-order valence-corrected chi connectivity index (χ1v) is 17.3. The number of fused-ring (bicyclic) bond motifs is 5. The lowest BCUT2D eigenvalue weighted by atomic mass is 9.47. The van der Waals surface area contributed by atoms with Crippen LogP contribution in [-0.4, -0.2) is 29.4 Å². The molecule has 5 rings (SSSR count). The molecular formula is C38H54O6. The Morgan fingerprint density at radius 2 is 1.77 bits per heavy atom. The molecule has 6 nitrogen and oxygen atoms in total. The fourth-order valence-corrected chi connectivity index (χ4v) is 10.1. The summed E-state index contributed by atoms with van der Waals surface area (Å²) in [4.78, 5) is 35.8. The van der Waals surface area contributed by atoms with Crippen molar-refractivity contribution in [1.82, 2.24) is 0 Å². The Kier molecular flexibility index (Phi) is 9.96. The van der Waals surface area contributed by atoms with Crippen molar-refractivity contribution in [3.63, 3.8) is 0 Å². The van der Waals surface area contributed by atoms with E-state index in [0.29, 0.717) is 11.7 Å². The number of carbonyl (C=O) groups is 3. The molecule has 1 aromatic rings. The van der Waals surface area contributed by atoms with Crippen LogP contribution in [0.3, 0.4) is 0 Å². The van der Waals surface area contributed by atoms with Crippen molar-refractivity contribution in [3.8, 4) is 11.5 Å². The molecule has 1 N–H and O–H groups in total. The first kappa shape index (κ1) is 32.8. The van der Waals surface area contributed by atoms with Crippen molar-refractivity contribution in [1.29, 1.82) is 0 Å². The summed E-state index contributed by atoms with van der Waals surface area (Å²) in [6.45, 7) is 12.4. The maximum atomic E-state index is 12.7. The summed E-state index contributed by atoms with van der Waals surface area (Å²) in [5.41, 5.74) is 2.28. The van der Waals surface area contributed by atoms with E-state index < -0.39 is 5.97 Å². The number of allylic oxidation sites excluding steroid dienone is 1. The minimum absolute atomic E-state index is 0.0495. The zero-order valence-electron chi connectivity index (χ0n) is 27.6. The molecule has 242 valence electrons. The first-order chi connectivity index (χ1) is 20.9. The van der Waals surface area contributed by atoms with Gasteiger partial charge in [-0.25, -0.2) is 0 Å². The summed E-state index contributed by atoms with van der Waals surface area (Å²) in [6.07, 6.45) is 16.2. The van der Waals surface area contributed by atoms with Crippen LogP contribution in [0.2, 0.25) is 0 Å². The number of hydrogen-bond acceptors (Lipinski definition) is 6. The summed E-state index contributed by atoms with van der Waals surface area (Å²) < 4.78 is 11.1. The van der Waals surface area contributed by atoms with Crippen LogP contribution in [0, 0.1) is 46.3 Å². The number of ether oxygens (including phenoxy) is 2. The number of rotatable bonds is 11. The van der Waals surface area contributed by atoms with Gasteiger partial charge < -0.3 is 14.6 Å². The molecule has 0 heterocycles. The average Bonchev–Trinajstić information content (AvgIpc) is 3.33. The van der Waals surface area contributed by atoms with E-state index in [-0.39, 0.29) is 47.4 Å². The summed E-state index contributed by atoms with van der Waals surface area (Å²) in [5, 5.41) is 9.79. The number of aromatic hydroxyl groups is 1. The minimum Gasteiger partial charge on any atom is -0.507 e. The molecule has 0 saturated heterocycles. The third-order valence-corrected chi connectivity index (χ3v) is 12.5. The van der Waals surface area contributed by atoms with E-state index in [9.17, 15) is 19.5 Å². The highest BCUT2D eigenvalue weighted by Gasteiger charge is 2.59. The number of phenols is 1. The van der Waals surface area contributed by atoms with Gasteiger partial charge in [-0.1, -0.05) is 65.5 Å². The summed E-state index contributed by atoms with van der Waals surface area (Å²) >= 11 is 0. The number of phenolic OH excluding ortho intramolecular Hbond substituents is 1. The molecule has 0 amide bonds. The maximum absolute atomic E-state index is 12.7. The van der Waals surface area contributed by atoms with Crippen molar-refractivity contribution in [2.45, 2.75) is 124 Å². The van der Waals surface area contributed by atoms with Crippen LogP contribution in [0.5, 0.6) is 11.5 Å². The molecule has 0 aromatic heterocycles. The van der Waals surface area contributed by atoms with Gasteiger partial charge in [0.15, 0.2) is 6.29 Å². The Labute approximate surface area is 264 Å². The molecule has 4 aliphatic rings. The Morgan fingerprint density at radius 1 is 1.00 bits per heavy atom. The quantitative estimate of drug-likeness (QED) is 0.117. The second kappa shape index (κ2) is 13.4. The molecule has 0 bridgehead atoms. The number of benzene rings is 1. The molecule has 0 radical (unpaired) electrons. The van der Waals surface area contributed by atoms with E-state index in [1.54, 1.807) is 0 Å². The fourth-order valence-electron chi connectivity index (χ4n) is 10.1. The van der Waals surface area contributed by atoms with E-state index >= 15 is 0 Å². The van der Waals surface area contributed by atoms with Crippen molar-refractivity contribution in [2.24, 2.45) is 46.3 Å². The smallest absolute Gasteiger partial charge is 0.311 e. The van der Waals surface area contributed by atoms with Crippen LogP contribution in [0.25, 0.3) is 0 Å². The van der Waals surface area contributed by atoms with Gasteiger partial charge >= 0.3 is 11.9 Å². The van der Waals surface area contributed by atoms with Gasteiger partial charge in [-0.3, -0.25) is 14.4 Å². The predicted molar refractivity (Wildman–Crippen MR) is 171 cm³/mol. The monoisotopic (exact) mass is 606 g/mol. The van der Waals surface area contributed by atoms with Gasteiger partial charge in [-0.2, -0.15) is 0 Å². The Morgan fingerprint density at radius 3 is 2.50 bits per heavy atom. The zero-order valence-corrected chi connectivity index (χ0v) is 27.6. The van der Waals surface area contributed by atoms with Crippen molar-refractivity contribution in [3.05, 3.63) is 35.4 Å². The topological polar surface area (TPSA) is 89.9 Å². The molecular weight excluding hydrogens is 552 g/mol. The summed E-state index contributed by atoms with van der Waals surface area (Å²) in [7, 11) is 0. The van der Waals surface area contributed by atoms with E-state index in [1.807, 2.05) is 0 Å². The lowest BCUT2D eigenvalue weighted by Gasteiger charge is -2.58. The van der Waals surface area contributed by atoms with Crippen LogP contribution in [0.4, 0.5) is 0 Å². The van der Waals surface area contributed by atoms with Crippen molar-refractivity contribution in [2.75, 3.05) is 0 Å². The van der Waals surface area contributed by atoms with Gasteiger partial charge in [-0.05, 0) is 103 Å². The highest BCUT2D eigenvalue weighted by molar-refractivity contribution is 5.81. The summed E-state index contributed by atoms with van der Waals surface area (Å²) in [5.74, 6) is 3.73. The van der Waals surface area contributed by atoms with Crippen LogP contribution >= 0.6 is 0 Å². The SMILES string of the molecule is CC(C)CCC[C@@H](C)[C@H]1CC[C@H]2[C@@H]3CC=C4CC(OC(=O)CCC(=O)Oc5ccc(C=O)c(O)c5)CC[C@]4(C)[C@H]3CC[C@]12C. The number of esters is 2. The van der Waals surface area contributed by atoms with Crippen LogP contribution in [-0.2, 0) is 14.3 Å². The van der Waals surface area contributed by atoms with E-state index in [1.165, 1.54) is 75.1 Å². The van der Waals surface area contributed by atoms with E-state index in [4.69, 9.17) is 9.47 Å². The fraction of sp³-hybridized carbons (Fsp3) is 0.711. The molecule has 0 spiro atoms. The van der Waals surface area contributed by atoms with Gasteiger partial charge in [0.1, 0.15) is 17.6 Å². The molecule has 1 aromatic carbocycles. The third-order valence-electron chi connectivity index (χ3n) is 12.5. The maximum Gasteiger partial charge on any atom is 0.311 e. The van der Waals surface area contributed by atoms with Crippen molar-refractivity contribution >= 4 is 18.2 Å². The Hall–Kier alpha value is -2.63. The second-order valence-electron chi connectivity index (χ2n) is 15.5. The van der Waals surface area contributed by atoms with Crippen molar-refractivity contribution < 1.29 is 29.0 Å². The molecule has 6 heteroatoms. The van der Waals surface area contributed by atoms with E-state index in [2.05, 4.69) is 40.7 Å². The Bertz CT molecular complexity index is 1250. The normalized spacial score (nSPS) is 33.4. The molecule has 3 saturated carbocycles. The second-order valence-corrected chi connectivity index (χ2v) is 15.5. The van der Waals surface area contributed by atoms with Crippen LogP contribution < -0.4 is 4.74 Å². The highest BCUT2D eigenvalue weighted by Crippen LogP contribution is 2.67. The molecule has 44 heavy (non-hydrogen) atoms. The van der Waals surface area contributed by atoms with E-state index in [0.717, 1.165) is 54.8 Å². The van der Waals surface area contributed by atoms with Crippen LogP contribution in [0.1, 0.15) is 128 Å². The highest BCUT2D eigenvalue weighted by atomic mass is 16.5. The standard InChI is InChI=1S/C38H54O6/c1-24(2)7-6-8-25(3)31-13-14-32-30-12-10-27-21-29(17-19-37(27,4)33(30)18-20-38(31,32)5)44-36(42)16-15-35(41)43-28-11-9-26(23-39)34(40)22-28/h9-11,22-25,29-33,40H,6-8,12-21H2,1-5H3/t25-,29?,30+,31-,32+,33+,37+,38-/m1/s1. The minimum atomic E-state index is -0.583. The summed E-state index contributed by atoms with van der Waals surface area (Å²) in [6, 6.07) is 4.04. The number of aldehydes is 1. The molecule has 8 atom stereocenters. The van der Waals surface area contributed by atoms with Gasteiger partial charge in [0.05, 0.1) is 18.4 Å². The van der Waals surface area contributed by atoms with Gasteiger partial charge in [-0.15, -0.1) is 0 Å². The number of hydrogen-bond donors (Lipinski definition) is 1. The predicted octanol–water partition coefficient (Wildman–Crippen LogP) is 8.84. The molecule has 0 aliphatic heterocycles. The molecule has 4 aliphatic carbocycles. The number of carbonyl (C=O) groups excluding carboxylic acids is 3. The average molecular weight is 607 g/mol. The lowest BCUT2D eigenvalue weighted by Crippen LogP contribution is -2.51. The van der Waals surface area contributed by atoms with Gasteiger partial charge in [0.25, 0.3) is 0 Å². The van der Waals surface area contributed by atoms with Gasteiger partial charge in [0, 0.05) is 12.5 Å². The molecule has 3 fully saturated rings. The lowest BCUT2D eigenvalue weighted by molar-refractivity contribution is -0.153. The van der Waals surface area contributed by atoms with Crippen LogP contribution in [0.15, 0.2) is 29.8 Å². The van der Waals surface area contributed by atoms with Gasteiger partial charge in [0.2, 0.25) is 0 Å². The first-order valence-electron chi connectivity index (χ1n) is 17.3. The largest absolute Gasteiger partial charge is 0.507 e.